The van der Waals surface area contributed by atoms with Crippen LogP contribution in [0.15, 0.2) is 18.2 Å². The summed E-state index contributed by atoms with van der Waals surface area (Å²) < 4.78 is 11.5. The molecule has 5 nitrogen and oxygen atoms in total. The fourth-order valence-electron chi connectivity index (χ4n) is 3.45. The molecule has 25 heavy (non-hydrogen) atoms. The molecule has 0 heterocycles. The van der Waals surface area contributed by atoms with E-state index >= 15 is 0 Å². The van der Waals surface area contributed by atoms with Crippen LogP contribution in [0, 0.1) is 17.2 Å². The van der Waals surface area contributed by atoms with Gasteiger partial charge in [-0.1, -0.05) is 20.3 Å². The summed E-state index contributed by atoms with van der Waals surface area (Å²) in [4.78, 5) is 13.0. The van der Waals surface area contributed by atoms with Crippen molar-refractivity contribution < 1.29 is 14.3 Å². The molecule has 1 saturated carbocycles. The minimum atomic E-state index is -0.795. The summed E-state index contributed by atoms with van der Waals surface area (Å²) in [5.74, 6) is 0.938. The summed E-state index contributed by atoms with van der Waals surface area (Å²) in [5, 5.41) is 12.3. The molecule has 0 spiro atoms. The van der Waals surface area contributed by atoms with Crippen molar-refractivity contribution in [3.8, 4) is 11.8 Å². The average molecular weight is 344 g/mol. The van der Waals surface area contributed by atoms with Gasteiger partial charge in [0.2, 0.25) is 0 Å². The smallest absolute Gasteiger partial charge is 0.256 e. The molecule has 1 amide bonds. The Morgan fingerprint density at radius 3 is 2.88 bits per heavy atom. The molecule has 1 fully saturated rings. The van der Waals surface area contributed by atoms with E-state index in [0.29, 0.717) is 42.6 Å². The minimum absolute atomic E-state index is 0.153. The monoisotopic (exact) mass is 344 g/mol. The van der Waals surface area contributed by atoms with Gasteiger partial charge in [-0.05, 0) is 56.7 Å². The quantitative estimate of drug-likeness (QED) is 0.802. The van der Waals surface area contributed by atoms with Gasteiger partial charge < -0.3 is 14.8 Å². The third kappa shape index (κ3) is 4.73. The van der Waals surface area contributed by atoms with Crippen LogP contribution in [-0.2, 0) is 9.53 Å². The first-order chi connectivity index (χ1) is 12.0. The molecular formula is C20H28N2O3. The van der Waals surface area contributed by atoms with Crippen molar-refractivity contribution in [1.29, 1.82) is 5.26 Å². The lowest BCUT2D eigenvalue weighted by atomic mass is 9.78. The van der Waals surface area contributed by atoms with Gasteiger partial charge in [-0.25, -0.2) is 0 Å². The van der Waals surface area contributed by atoms with Crippen LogP contribution in [0.3, 0.4) is 0 Å². The maximum absolute atomic E-state index is 13.0. The van der Waals surface area contributed by atoms with Crippen LogP contribution >= 0.6 is 0 Å². The highest BCUT2D eigenvalue weighted by atomic mass is 16.5. The van der Waals surface area contributed by atoms with E-state index in [1.54, 1.807) is 18.2 Å². The third-order valence-electron chi connectivity index (χ3n) is 4.62. The van der Waals surface area contributed by atoms with Gasteiger partial charge in [-0.2, -0.15) is 5.26 Å². The van der Waals surface area contributed by atoms with E-state index < -0.39 is 5.60 Å². The van der Waals surface area contributed by atoms with Crippen molar-refractivity contribution in [3.63, 3.8) is 0 Å². The number of amides is 1. The first kappa shape index (κ1) is 19.3. The fraction of sp³-hybridized carbons (Fsp3) is 0.600. The molecule has 136 valence electrons. The second-order valence-corrected chi connectivity index (χ2v) is 6.75. The number of hydrogen-bond donors (Lipinski definition) is 1. The fourth-order valence-corrected chi connectivity index (χ4v) is 3.45. The molecule has 0 aromatic heterocycles. The zero-order valence-electron chi connectivity index (χ0n) is 15.4. The molecule has 2 atom stereocenters. The molecule has 2 rings (SSSR count). The van der Waals surface area contributed by atoms with Gasteiger partial charge in [-0.15, -0.1) is 0 Å². The lowest BCUT2D eigenvalue weighted by Gasteiger charge is -2.38. The normalized spacial score (nSPS) is 22.9. The Kier molecular flexibility index (Phi) is 6.83. The summed E-state index contributed by atoms with van der Waals surface area (Å²) >= 11 is 0. The van der Waals surface area contributed by atoms with Gasteiger partial charge in [0, 0.05) is 6.61 Å². The highest BCUT2D eigenvalue weighted by Crippen LogP contribution is 2.36. The van der Waals surface area contributed by atoms with E-state index in [0.717, 1.165) is 25.7 Å². The molecule has 0 bridgehead atoms. The lowest BCUT2D eigenvalue weighted by Crippen LogP contribution is -2.48. The van der Waals surface area contributed by atoms with Gasteiger partial charge >= 0.3 is 0 Å². The Bertz CT molecular complexity index is 634. The zero-order chi connectivity index (χ0) is 18.3. The van der Waals surface area contributed by atoms with Gasteiger partial charge in [0.15, 0.2) is 0 Å². The van der Waals surface area contributed by atoms with Crippen molar-refractivity contribution in [2.24, 2.45) is 5.92 Å². The van der Waals surface area contributed by atoms with Crippen molar-refractivity contribution >= 4 is 11.6 Å². The minimum Gasteiger partial charge on any atom is -0.494 e. The summed E-state index contributed by atoms with van der Waals surface area (Å²) in [6.07, 6.45) is 4.43. The predicted octanol–water partition coefficient (Wildman–Crippen LogP) is 4.27. The average Bonchev–Trinajstić information content (AvgIpc) is 2.61. The summed E-state index contributed by atoms with van der Waals surface area (Å²) in [5.41, 5.74) is 0.113. The van der Waals surface area contributed by atoms with Crippen molar-refractivity contribution in [2.75, 3.05) is 18.5 Å². The van der Waals surface area contributed by atoms with Gasteiger partial charge in [0.25, 0.3) is 5.91 Å². The molecule has 1 N–H and O–H groups in total. The summed E-state index contributed by atoms with van der Waals surface area (Å²) in [6, 6.07) is 7.32. The number of rotatable bonds is 7. The van der Waals surface area contributed by atoms with Crippen LogP contribution in [0.25, 0.3) is 0 Å². The van der Waals surface area contributed by atoms with Crippen molar-refractivity contribution in [2.45, 2.75) is 58.5 Å². The second-order valence-electron chi connectivity index (χ2n) is 6.75. The standard InChI is InChI=1S/C20H28N2O3/c1-4-11-24-17-8-9-18(16(12-17)14-21)22-19(23)20(25-5-2)10-6-7-15(3)13-20/h8-9,12,15H,4-7,10-11,13H2,1-3H3,(H,22,23)/t15-,20-/m1/s1. The predicted molar refractivity (Wildman–Crippen MR) is 97.6 cm³/mol. The zero-order valence-corrected chi connectivity index (χ0v) is 15.4. The number of nitrogens with zero attached hydrogens (tertiary/aromatic N) is 1. The number of nitrogens with one attached hydrogen (secondary N) is 1. The maximum atomic E-state index is 13.0. The third-order valence-corrected chi connectivity index (χ3v) is 4.62. The van der Waals surface area contributed by atoms with E-state index in [1.807, 2.05) is 13.8 Å². The molecule has 0 radical (unpaired) electrons. The SMILES string of the molecule is CCCOc1ccc(NC(=O)[C@@]2(OCC)CCC[C@@H](C)C2)c(C#N)c1. The maximum Gasteiger partial charge on any atom is 0.256 e. The highest BCUT2D eigenvalue weighted by molar-refractivity contribution is 5.98. The van der Waals surface area contributed by atoms with Gasteiger partial charge in [-0.3, -0.25) is 4.79 Å². The van der Waals surface area contributed by atoms with Crippen LogP contribution in [0.4, 0.5) is 5.69 Å². The largest absolute Gasteiger partial charge is 0.494 e. The van der Waals surface area contributed by atoms with E-state index in [9.17, 15) is 10.1 Å². The highest BCUT2D eigenvalue weighted by Gasteiger charge is 2.42. The number of benzene rings is 1. The number of anilines is 1. The molecular weight excluding hydrogens is 316 g/mol. The molecule has 0 saturated heterocycles. The topological polar surface area (TPSA) is 71.3 Å². The number of hydrogen-bond acceptors (Lipinski definition) is 4. The first-order valence-electron chi connectivity index (χ1n) is 9.17. The molecule has 1 aliphatic rings. The summed E-state index contributed by atoms with van der Waals surface area (Å²) in [6.45, 7) is 7.19. The van der Waals surface area contributed by atoms with Crippen LogP contribution < -0.4 is 10.1 Å². The number of carbonyl (C=O) groups is 1. The van der Waals surface area contributed by atoms with E-state index in [1.165, 1.54) is 0 Å². The molecule has 1 aliphatic carbocycles. The Hall–Kier alpha value is -2.06. The molecule has 0 aliphatic heterocycles. The number of carbonyl (C=O) groups excluding carboxylic acids is 1. The van der Waals surface area contributed by atoms with Crippen molar-refractivity contribution in [3.05, 3.63) is 23.8 Å². The summed E-state index contributed by atoms with van der Waals surface area (Å²) in [7, 11) is 0. The van der Waals surface area contributed by atoms with Crippen LogP contribution in [0.5, 0.6) is 5.75 Å². The van der Waals surface area contributed by atoms with E-state index in [-0.39, 0.29) is 5.91 Å². The van der Waals surface area contributed by atoms with Crippen LogP contribution in [0.2, 0.25) is 0 Å². The Morgan fingerprint density at radius 1 is 1.44 bits per heavy atom. The van der Waals surface area contributed by atoms with Crippen LogP contribution in [-0.4, -0.2) is 24.7 Å². The van der Waals surface area contributed by atoms with E-state index in [2.05, 4.69) is 18.3 Å². The molecule has 5 heteroatoms. The first-order valence-corrected chi connectivity index (χ1v) is 9.17. The van der Waals surface area contributed by atoms with Gasteiger partial charge in [0.05, 0.1) is 17.9 Å². The lowest BCUT2D eigenvalue weighted by molar-refractivity contribution is -0.147. The Morgan fingerprint density at radius 2 is 2.24 bits per heavy atom. The van der Waals surface area contributed by atoms with Crippen molar-refractivity contribution in [1.82, 2.24) is 0 Å². The van der Waals surface area contributed by atoms with Gasteiger partial charge in [0.1, 0.15) is 17.4 Å². The number of nitriles is 1. The second kappa shape index (κ2) is 8.87. The Balaban J connectivity index is 2.19. The van der Waals surface area contributed by atoms with Crippen LogP contribution in [0.1, 0.15) is 58.4 Å². The molecule has 0 unspecified atom stereocenters. The Labute approximate surface area is 150 Å². The van der Waals surface area contributed by atoms with E-state index in [4.69, 9.17) is 9.47 Å². The molecule has 1 aromatic carbocycles. The molecule has 1 aromatic rings. The number of ether oxygens (including phenoxy) is 2.